The molecular weight excluding hydrogens is 204 g/mol. The third kappa shape index (κ3) is 3.67. The number of carbonyl (C=O) groups excluding carboxylic acids is 1. The number of likely N-dealkylation sites (tertiary alicyclic amines) is 1. The molecule has 4 heteroatoms. The number of carbonyl (C=O) groups is 1. The molecule has 0 aromatic heterocycles. The fourth-order valence-corrected chi connectivity index (χ4v) is 2.05. The molecule has 94 valence electrons. The van der Waals surface area contributed by atoms with E-state index in [0.29, 0.717) is 0 Å². The summed E-state index contributed by atoms with van der Waals surface area (Å²) in [4.78, 5) is 13.8. The van der Waals surface area contributed by atoms with Crippen molar-refractivity contribution in [3.05, 3.63) is 0 Å². The average molecular weight is 228 g/mol. The standard InChI is InChI=1S/C12H24N2O2/c1-9(13)10-7-5-6-8-14(10)11(15)16-12(2,3)4/h9-10H,5-8,13H2,1-4H3/t9-,10+/m1/s1. The van der Waals surface area contributed by atoms with Gasteiger partial charge in [-0.25, -0.2) is 4.79 Å². The van der Waals surface area contributed by atoms with Crippen LogP contribution >= 0.6 is 0 Å². The molecule has 4 nitrogen and oxygen atoms in total. The highest BCUT2D eigenvalue weighted by Gasteiger charge is 2.32. The topological polar surface area (TPSA) is 55.6 Å². The first-order chi connectivity index (χ1) is 7.31. The zero-order chi connectivity index (χ0) is 12.3. The highest BCUT2D eigenvalue weighted by molar-refractivity contribution is 5.68. The molecule has 1 heterocycles. The Bertz CT molecular complexity index is 246. The Morgan fingerprint density at radius 2 is 2.06 bits per heavy atom. The second kappa shape index (κ2) is 5.04. The van der Waals surface area contributed by atoms with E-state index in [2.05, 4.69) is 0 Å². The predicted molar refractivity (Wildman–Crippen MR) is 64.2 cm³/mol. The molecule has 1 aliphatic heterocycles. The highest BCUT2D eigenvalue weighted by Crippen LogP contribution is 2.21. The molecule has 0 bridgehead atoms. The lowest BCUT2D eigenvalue weighted by Crippen LogP contribution is -2.52. The van der Waals surface area contributed by atoms with Crippen LogP contribution in [0.5, 0.6) is 0 Å². The molecule has 0 spiro atoms. The minimum atomic E-state index is -0.434. The molecule has 0 aromatic carbocycles. The maximum absolute atomic E-state index is 12.0. The van der Waals surface area contributed by atoms with Crippen LogP contribution in [0.4, 0.5) is 4.79 Å². The first-order valence-corrected chi connectivity index (χ1v) is 6.06. The molecule has 0 saturated carbocycles. The summed E-state index contributed by atoms with van der Waals surface area (Å²) in [6.45, 7) is 8.37. The molecule has 2 atom stereocenters. The van der Waals surface area contributed by atoms with Gasteiger partial charge in [-0.2, -0.15) is 0 Å². The summed E-state index contributed by atoms with van der Waals surface area (Å²) in [6.07, 6.45) is 2.94. The maximum atomic E-state index is 12.0. The Labute approximate surface area is 98.1 Å². The van der Waals surface area contributed by atoms with Crippen molar-refractivity contribution in [3.8, 4) is 0 Å². The normalized spacial score (nSPS) is 24.1. The van der Waals surface area contributed by atoms with Crippen molar-refractivity contribution >= 4 is 6.09 Å². The molecule has 16 heavy (non-hydrogen) atoms. The largest absolute Gasteiger partial charge is 0.444 e. The summed E-state index contributed by atoms with van der Waals surface area (Å²) in [5, 5.41) is 0. The molecular formula is C12H24N2O2. The van der Waals surface area contributed by atoms with Gasteiger partial charge in [0, 0.05) is 18.6 Å². The lowest BCUT2D eigenvalue weighted by atomic mass is 9.97. The highest BCUT2D eigenvalue weighted by atomic mass is 16.6. The summed E-state index contributed by atoms with van der Waals surface area (Å²) in [5.41, 5.74) is 5.48. The molecule has 1 saturated heterocycles. The molecule has 0 aliphatic carbocycles. The molecule has 0 radical (unpaired) electrons. The van der Waals surface area contributed by atoms with E-state index in [-0.39, 0.29) is 18.2 Å². The lowest BCUT2D eigenvalue weighted by molar-refractivity contribution is 0.00731. The molecule has 1 fully saturated rings. The van der Waals surface area contributed by atoms with Gasteiger partial charge in [0.05, 0.1) is 0 Å². The Hall–Kier alpha value is -0.770. The summed E-state index contributed by atoms with van der Waals surface area (Å²) < 4.78 is 5.39. The van der Waals surface area contributed by atoms with Crippen LogP contribution in [0.2, 0.25) is 0 Å². The fraction of sp³-hybridized carbons (Fsp3) is 0.917. The summed E-state index contributed by atoms with van der Waals surface area (Å²) in [6, 6.07) is 0.136. The monoisotopic (exact) mass is 228 g/mol. The van der Waals surface area contributed by atoms with E-state index in [0.717, 1.165) is 25.8 Å². The number of nitrogens with two attached hydrogens (primary N) is 1. The molecule has 0 unspecified atom stereocenters. The zero-order valence-electron chi connectivity index (χ0n) is 10.8. The van der Waals surface area contributed by atoms with Crippen LogP contribution in [-0.2, 0) is 4.74 Å². The molecule has 0 aromatic rings. The average Bonchev–Trinajstić information content (AvgIpc) is 2.15. The molecule has 2 N–H and O–H groups in total. The van der Waals surface area contributed by atoms with Gasteiger partial charge in [0.15, 0.2) is 0 Å². The summed E-state index contributed by atoms with van der Waals surface area (Å²) >= 11 is 0. The van der Waals surface area contributed by atoms with Gasteiger partial charge in [-0.1, -0.05) is 0 Å². The SMILES string of the molecule is C[C@@H](N)[C@@H]1CCCCN1C(=O)OC(C)(C)C. The second-order valence-electron chi connectivity index (χ2n) is 5.60. The van der Waals surface area contributed by atoms with Crippen LogP contribution in [0.3, 0.4) is 0 Å². The van der Waals surface area contributed by atoms with E-state index in [1.807, 2.05) is 27.7 Å². The number of nitrogens with zero attached hydrogens (tertiary/aromatic N) is 1. The Morgan fingerprint density at radius 1 is 1.44 bits per heavy atom. The van der Waals surface area contributed by atoms with Gasteiger partial charge in [-0.15, -0.1) is 0 Å². The fourth-order valence-electron chi connectivity index (χ4n) is 2.05. The Morgan fingerprint density at radius 3 is 2.56 bits per heavy atom. The predicted octanol–water partition coefficient (Wildman–Crippen LogP) is 2.12. The third-order valence-corrected chi connectivity index (χ3v) is 2.78. The van der Waals surface area contributed by atoms with Gasteiger partial charge in [0.2, 0.25) is 0 Å². The van der Waals surface area contributed by atoms with E-state index in [4.69, 9.17) is 10.5 Å². The number of hydrogen-bond acceptors (Lipinski definition) is 3. The second-order valence-corrected chi connectivity index (χ2v) is 5.60. The van der Waals surface area contributed by atoms with Crippen molar-refractivity contribution in [2.75, 3.05) is 6.54 Å². The van der Waals surface area contributed by atoms with E-state index in [1.54, 1.807) is 4.90 Å². The van der Waals surface area contributed by atoms with Gasteiger partial charge >= 0.3 is 6.09 Å². The molecule has 1 amide bonds. The van der Waals surface area contributed by atoms with Crippen LogP contribution in [0.1, 0.15) is 47.0 Å². The van der Waals surface area contributed by atoms with Gasteiger partial charge in [0.25, 0.3) is 0 Å². The number of ether oxygens (including phenoxy) is 1. The molecule has 1 rings (SSSR count). The van der Waals surface area contributed by atoms with Crippen LogP contribution in [0.25, 0.3) is 0 Å². The van der Waals surface area contributed by atoms with Crippen molar-refractivity contribution in [1.82, 2.24) is 4.90 Å². The van der Waals surface area contributed by atoms with Gasteiger partial charge in [-0.05, 0) is 47.0 Å². The minimum absolute atomic E-state index is 0.00724. The third-order valence-electron chi connectivity index (χ3n) is 2.78. The number of hydrogen-bond donors (Lipinski definition) is 1. The van der Waals surface area contributed by atoms with Gasteiger partial charge < -0.3 is 15.4 Å². The Balaban J connectivity index is 2.64. The number of piperidine rings is 1. The van der Waals surface area contributed by atoms with E-state index < -0.39 is 5.60 Å². The quantitative estimate of drug-likeness (QED) is 0.748. The summed E-state index contributed by atoms with van der Waals surface area (Å²) in [5.74, 6) is 0. The maximum Gasteiger partial charge on any atom is 0.410 e. The van der Waals surface area contributed by atoms with Crippen molar-refractivity contribution in [1.29, 1.82) is 0 Å². The van der Waals surface area contributed by atoms with Crippen LogP contribution in [0, 0.1) is 0 Å². The van der Waals surface area contributed by atoms with Crippen molar-refractivity contribution < 1.29 is 9.53 Å². The Kier molecular flexibility index (Phi) is 4.19. The van der Waals surface area contributed by atoms with Crippen LogP contribution in [-0.4, -0.2) is 35.2 Å². The lowest BCUT2D eigenvalue weighted by Gasteiger charge is -2.38. The zero-order valence-corrected chi connectivity index (χ0v) is 10.8. The van der Waals surface area contributed by atoms with E-state index in [1.165, 1.54) is 0 Å². The molecule has 1 aliphatic rings. The van der Waals surface area contributed by atoms with Crippen molar-refractivity contribution in [2.24, 2.45) is 5.73 Å². The van der Waals surface area contributed by atoms with Gasteiger partial charge in [-0.3, -0.25) is 0 Å². The van der Waals surface area contributed by atoms with Crippen LogP contribution < -0.4 is 5.73 Å². The van der Waals surface area contributed by atoms with E-state index >= 15 is 0 Å². The first kappa shape index (κ1) is 13.3. The summed E-state index contributed by atoms with van der Waals surface area (Å²) in [7, 11) is 0. The number of rotatable bonds is 1. The van der Waals surface area contributed by atoms with Crippen LogP contribution in [0.15, 0.2) is 0 Å². The van der Waals surface area contributed by atoms with Crippen molar-refractivity contribution in [2.45, 2.75) is 64.6 Å². The van der Waals surface area contributed by atoms with E-state index in [9.17, 15) is 4.79 Å². The van der Waals surface area contributed by atoms with Crippen molar-refractivity contribution in [3.63, 3.8) is 0 Å². The first-order valence-electron chi connectivity index (χ1n) is 6.06. The van der Waals surface area contributed by atoms with Gasteiger partial charge in [0.1, 0.15) is 5.60 Å². The minimum Gasteiger partial charge on any atom is -0.444 e. The number of amides is 1. The smallest absolute Gasteiger partial charge is 0.410 e.